The summed E-state index contributed by atoms with van der Waals surface area (Å²) in [5, 5.41) is 5.80. The maximum Gasteiger partial charge on any atom is 0.267 e. The number of rotatable bonds is 5. The topological polar surface area (TPSA) is 51.2 Å². The van der Waals surface area contributed by atoms with Crippen molar-refractivity contribution < 1.29 is 9.53 Å². The highest BCUT2D eigenvalue weighted by atomic mass is 32.1. The molecule has 3 rings (SSSR count). The van der Waals surface area contributed by atoms with E-state index < -0.39 is 0 Å². The highest BCUT2D eigenvalue weighted by Crippen LogP contribution is 2.31. The molecule has 4 nitrogen and oxygen atoms in total. The molecule has 0 saturated heterocycles. The van der Waals surface area contributed by atoms with Gasteiger partial charge >= 0.3 is 0 Å². The summed E-state index contributed by atoms with van der Waals surface area (Å²) in [5.41, 5.74) is 1.49. The molecule has 3 aromatic rings. The summed E-state index contributed by atoms with van der Waals surface area (Å²) in [5.74, 6) is 0.659. The molecule has 0 saturated carbocycles. The van der Waals surface area contributed by atoms with E-state index in [2.05, 4.69) is 10.3 Å². The molecule has 0 aliphatic rings. The molecule has 0 bridgehead atoms. The Kier molecular flexibility index (Phi) is 4.73. The molecular weight excluding hydrogens is 328 g/mol. The number of anilines is 1. The number of thiazole rings is 1. The van der Waals surface area contributed by atoms with Crippen LogP contribution in [0.25, 0.3) is 9.88 Å². The number of thiophene rings is 1. The Morgan fingerprint density at radius 2 is 2.04 bits per heavy atom. The summed E-state index contributed by atoms with van der Waals surface area (Å²) in [6.07, 6.45) is 0. The molecule has 0 spiro atoms. The first-order chi connectivity index (χ1) is 11.2. The van der Waals surface area contributed by atoms with Crippen molar-refractivity contribution in [1.82, 2.24) is 4.98 Å². The number of ether oxygens (including phenoxy) is 1. The first kappa shape index (κ1) is 15.7. The third-order valence-electron chi connectivity index (χ3n) is 3.16. The largest absolute Gasteiger partial charge is 0.494 e. The maximum absolute atomic E-state index is 12.5. The first-order valence-electron chi connectivity index (χ1n) is 7.23. The van der Waals surface area contributed by atoms with Crippen LogP contribution in [0.5, 0.6) is 5.75 Å². The zero-order chi connectivity index (χ0) is 16.2. The van der Waals surface area contributed by atoms with Gasteiger partial charge in [-0.05, 0) is 49.6 Å². The fourth-order valence-corrected chi connectivity index (χ4v) is 3.86. The van der Waals surface area contributed by atoms with Gasteiger partial charge in [-0.3, -0.25) is 4.79 Å². The van der Waals surface area contributed by atoms with Crippen LogP contribution in [-0.4, -0.2) is 17.5 Å². The number of hydrogen-bond acceptors (Lipinski definition) is 5. The molecule has 1 aromatic carbocycles. The Balaban J connectivity index is 1.75. The molecule has 1 N–H and O–H groups in total. The van der Waals surface area contributed by atoms with E-state index in [0.717, 1.165) is 27.0 Å². The second-order valence-corrected chi connectivity index (χ2v) is 6.77. The lowest BCUT2D eigenvalue weighted by Gasteiger charge is -2.06. The van der Waals surface area contributed by atoms with Gasteiger partial charge in [-0.1, -0.05) is 6.07 Å². The van der Waals surface area contributed by atoms with Crippen molar-refractivity contribution >= 4 is 34.3 Å². The van der Waals surface area contributed by atoms with Crippen molar-refractivity contribution in [2.45, 2.75) is 13.8 Å². The summed E-state index contributed by atoms with van der Waals surface area (Å²) in [7, 11) is 0. The lowest BCUT2D eigenvalue weighted by molar-refractivity contribution is 0.103. The van der Waals surface area contributed by atoms with Crippen molar-refractivity contribution in [1.29, 1.82) is 0 Å². The monoisotopic (exact) mass is 344 g/mol. The van der Waals surface area contributed by atoms with Crippen molar-refractivity contribution in [2.75, 3.05) is 11.9 Å². The quantitative estimate of drug-likeness (QED) is 0.721. The van der Waals surface area contributed by atoms with Crippen LogP contribution < -0.4 is 10.1 Å². The summed E-state index contributed by atoms with van der Waals surface area (Å²) < 4.78 is 5.39. The molecule has 23 heavy (non-hydrogen) atoms. The third-order valence-corrected chi connectivity index (χ3v) is 5.35. The van der Waals surface area contributed by atoms with Gasteiger partial charge in [0.2, 0.25) is 0 Å². The first-order valence-corrected chi connectivity index (χ1v) is 8.92. The third kappa shape index (κ3) is 3.60. The van der Waals surface area contributed by atoms with Gasteiger partial charge in [-0.25, -0.2) is 4.98 Å². The van der Waals surface area contributed by atoms with Crippen LogP contribution in [0.15, 0.2) is 41.8 Å². The number of benzene rings is 1. The number of nitrogens with one attached hydrogen (secondary N) is 1. The van der Waals surface area contributed by atoms with Crippen LogP contribution in [-0.2, 0) is 0 Å². The number of amides is 1. The van der Waals surface area contributed by atoms with E-state index in [9.17, 15) is 4.79 Å². The standard InChI is InChI=1S/C17H16N2O2S2/c1-3-21-13-8-6-12(7-9-13)19-16(20)15-11(2)18-17(23-15)14-5-4-10-22-14/h4-10H,3H2,1-2H3,(H,19,20). The zero-order valence-corrected chi connectivity index (χ0v) is 14.5. The summed E-state index contributed by atoms with van der Waals surface area (Å²) in [4.78, 5) is 18.7. The molecule has 0 aliphatic carbocycles. The predicted molar refractivity (Wildman–Crippen MR) is 95.7 cm³/mol. The SMILES string of the molecule is CCOc1ccc(NC(=O)c2sc(-c3cccs3)nc2C)cc1. The van der Waals surface area contributed by atoms with Crippen LogP contribution in [0.4, 0.5) is 5.69 Å². The highest BCUT2D eigenvalue weighted by Gasteiger charge is 2.16. The van der Waals surface area contributed by atoms with Crippen LogP contribution in [0, 0.1) is 6.92 Å². The average molecular weight is 344 g/mol. The van der Waals surface area contributed by atoms with Gasteiger partial charge in [0.05, 0.1) is 17.2 Å². The van der Waals surface area contributed by atoms with E-state index in [0.29, 0.717) is 11.5 Å². The van der Waals surface area contributed by atoms with Gasteiger partial charge in [-0.2, -0.15) is 0 Å². The second-order valence-electron chi connectivity index (χ2n) is 4.82. The van der Waals surface area contributed by atoms with Crippen molar-refractivity contribution in [3.8, 4) is 15.6 Å². The predicted octanol–water partition coefficient (Wildman–Crippen LogP) is 4.83. The van der Waals surface area contributed by atoms with Crippen molar-refractivity contribution in [3.05, 3.63) is 52.3 Å². The minimum Gasteiger partial charge on any atom is -0.494 e. The number of carbonyl (C=O) groups excluding carboxylic acids is 1. The van der Waals surface area contributed by atoms with E-state index in [-0.39, 0.29) is 5.91 Å². The van der Waals surface area contributed by atoms with Gasteiger partial charge < -0.3 is 10.1 Å². The van der Waals surface area contributed by atoms with Crippen LogP contribution >= 0.6 is 22.7 Å². The molecule has 118 valence electrons. The lowest BCUT2D eigenvalue weighted by atomic mass is 10.3. The zero-order valence-electron chi connectivity index (χ0n) is 12.8. The van der Waals surface area contributed by atoms with Crippen LogP contribution in [0.1, 0.15) is 22.3 Å². The Bertz CT molecular complexity index is 793. The van der Waals surface area contributed by atoms with Gasteiger partial charge in [-0.15, -0.1) is 22.7 Å². The molecule has 2 aromatic heterocycles. The van der Waals surface area contributed by atoms with Crippen LogP contribution in [0.2, 0.25) is 0 Å². The maximum atomic E-state index is 12.5. The number of hydrogen-bond donors (Lipinski definition) is 1. The number of nitrogens with zero attached hydrogens (tertiary/aromatic N) is 1. The van der Waals surface area contributed by atoms with E-state index in [1.807, 2.05) is 55.6 Å². The smallest absolute Gasteiger partial charge is 0.267 e. The van der Waals surface area contributed by atoms with Gasteiger partial charge in [0.1, 0.15) is 15.6 Å². The molecule has 6 heteroatoms. The molecule has 0 fully saturated rings. The van der Waals surface area contributed by atoms with Crippen molar-refractivity contribution in [3.63, 3.8) is 0 Å². The summed E-state index contributed by atoms with van der Waals surface area (Å²) in [6, 6.07) is 11.3. The summed E-state index contributed by atoms with van der Waals surface area (Å²) in [6.45, 7) is 4.42. The van der Waals surface area contributed by atoms with E-state index in [1.54, 1.807) is 11.3 Å². The van der Waals surface area contributed by atoms with Crippen LogP contribution in [0.3, 0.4) is 0 Å². The second kappa shape index (κ2) is 6.93. The van der Waals surface area contributed by atoms with E-state index in [1.165, 1.54) is 11.3 Å². The Morgan fingerprint density at radius 3 is 2.70 bits per heavy atom. The Morgan fingerprint density at radius 1 is 1.26 bits per heavy atom. The molecular formula is C17H16N2O2S2. The van der Waals surface area contributed by atoms with Crippen molar-refractivity contribution in [2.24, 2.45) is 0 Å². The molecule has 1 amide bonds. The fraction of sp³-hybridized carbons (Fsp3) is 0.176. The normalized spacial score (nSPS) is 10.5. The van der Waals surface area contributed by atoms with E-state index >= 15 is 0 Å². The Hall–Kier alpha value is -2.18. The highest BCUT2D eigenvalue weighted by molar-refractivity contribution is 7.22. The number of carbonyl (C=O) groups is 1. The molecule has 0 atom stereocenters. The van der Waals surface area contributed by atoms with Gasteiger partial charge in [0.25, 0.3) is 5.91 Å². The molecule has 0 unspecified atom stereocenters. The number of aromatic nitrogens is 1. The Labute approximate surface area is 142 Å². The van der Waals surface area contributed by atoms with Gasteiger partial charge in [0, 0.05) is 5.69 Å². The number of aryl methyl sites for hydroxylation is 1. The molecule has 0 radical (unpaired) electrons. The fourth-order valence-electron chi connectivity index (χ4n) is 2.10. The van der Waals surface area contributed by atoms with E-state index in [4.69, 9.17) is 4.74 Å². The molecule has 2 heterocycles. The lowest BCUT2D eigenvalue weighted by Crippen LogP contribution is -2.11. The minimum atomic E-state index is -0.132. The summed E-state index contributed by atoms with van der Waals surface area (Å²) >= 11 is 3.04. The molecule has 0 aliphatic heterocycles. The average Bonchev–Trinajstić information content (AvgIpc) is 3.18. The minimum absolute atomic E-state index is 0.132. The van der Waals surface area contributed by atoms with Gasteiger partial charge in [0.15, 0.2) is 0 Å².